The van der Waals surface area contributed by atoms with Crippen LogP contribution in [0.2, 0.25) is 0 Å². The fraction of sp³-hybridized carbons (Fsp3) is 0.346. The van der Waals surface area contributed by atoms with Crippen molar-refractivity contribution in [3.8, 4) is 22.4 Å². The number of carbonyl (C=O) groups is 2. The Bertz CT molecular complexity index is 1180. The zero-order valence-corrected chi connectivity index (χ0v) is 19.7. The minimum atomic E-state index is -1.18. The first-order chi connectivity index (χ1) is 16.6. The number of aliphatic hydroxyl groups excluding tert-OH is 2. The number of nitrogens with two attached hydrogens (primary N) is 1. The van der Waals surface area contributed by atoms with E-state index in [2.05, 4.69) is 4.98 Å². The fourth-order valence-electron chi connectivity index (χ4n) is 4.40. The third-order valence-electron chi connectivity index (χ3n) is 5.78. The number of pyridine rings is 1. The van der Waals surface area contributed by atoms with Crippen molar-refractivity contribution in [2.45, 2.75) is 57.8 Å². The summed E-state index contributed by atoms with van der Waals surface area (Å²) >= 11 is 0. The van der Waals surface area contributed by atoms with Gasteiger partial charge in [-0.3, -0.25) is 14.6 Å². The van der Waals surface area contributed by atoms with Crippen LogP contribution in [0, 0.1) is 5.82 Å². The van der Waals surface area contributed by atoms with Crippen molar-refractivity contribution in [2.24, 2.45) is 5.73 Å². The van der Waals surface area contributed by atoms with Crippen molar-refractivity contribution >= 4 is 41.4 Å². The molecular weight excluding hydrogens is 476 g/mol. The summed E-state index contributed by atoms with van der Waals surface area (Å²) in [4.78, 5) is 28.0. The Kier molecular flexibility index (Phi) is 10.8. The molecule has 8 nitrogen and oxygen atoms in total. The van der Waals surface area contributed by atoms with Crippen LogP contribution in [-0.4, -0.2) is 78.5 Å². The summed E-state index contributed by atoms with van der Waals surface area (Å²) in [5.74, 6) is -2.20. The maximum atomic E-state index is 13.7. The number of aliphatic carboxylic acids is 1. The van der Waals surface area contributed by atoms with E-state index in [0.29, 0.717) is 34.5 Å². The first kappa shape index (κ1) is 29.7. The van der Waals surface area contributed by atoms with E-state index in [1.807, 2.05) is 18.4 Å². The van der Waals surface area contributed by atoms with Gasteiger partial charge in [-0.2, -0.15) is 0 Å². The van der Waals surface area contributed by atoms with Gasteiger partial charge in [0.25, 0.3) is 5.91 Å². The molecule has 2 heterocycles. The van der Waals surface area contributed by atoms with Crippen LogP contribution in [0.5, 0.6) is 0 Å². The Hall–Kier alpha value is -2.56. The Balaban J connectivity index is 0.00000456. The number of carboxylic acids is 1. The number of halogens is 1. The van der Waals surface area contributed by atoms with Gasteiger partial charge in [-0.05, 0) is 62.9 Å². The van der Waals surface area contributed by atoms with Crippen LogP contribution in [-0.2, 0) is 11.2 Å². The molecule has 0 aliphatic carbocycles. The molecule has 5 N–H and O–H groups in total. The first-order valence-corrected chi connectivity index (χ1v) is 11.4. The molecule has 0 fully saturated rings. The van der Waals surface area contributed by atoms with Gasteiger partial charge in [0, 0.05) is 29.1 Å². The van der Waals surface area contributed by atoms with Gasteiger partial charge < -0.3 is 25.6 Å². The molecule has 0 radical (unpaired) electrons. The van der Waals surface area contributed by atoms with Gasteiger partial charge in [0.2, 0.25) is 0 Å². The van der Waals surface area contributed by atoms with Gasteiger partial charge in [-0.25, -0.2) is 4.39 Å². The summed E-state index contributed by atoms with van der Waals surface area (Å²) in [6.45, 7) is 3.80. The Morgan fingerprint density at radius 1 is 1.06 bits per heavy atom. The second kappa shape index (κ2) is 13.1. The summed E-state index contributed by atoms with van der Waals surface area (Å²) in [6, 6.07) is 11.0. The SMILES string of the molecule is CC(C)n1c(CC[C@@H](O)C[C@@H](O)CC(=O)O)c(-c2ccc(F)cc2)c(-c2ccccn2)c1C(N)=O.[NaH]. The fourth-order valence-corrected chi connectivity index (χ4v) is 4.40. The number of aliphatic hydroxyl groups is 2. The normalized spacial score (nSPS) is 12.7. The predicted molar refractivity (Wildman–Crippen MR) is 136 cm³/mol. The molecule has 3 rings (SSSR count). The number of hydrogen-bond donors (Lipinski definition) is 4. The number of nitrogens with zero attached hydrogens (tertiary/aromatic N) is 2. The number of carbonyl (C=O) groups excluding carboxylic acids is 1. The molecule has 0 bridgehead atoms. The number of amides is 1. The molecule has 0 aliphatic heterocycles. The second-order valence-corrected chi connectivity index (χ2v) is 8.78. The van der Waals surface area contributed by atoms with Crippen LogP contribution in [0.4, 0.5) is 4.39 Å². The molecular formula is C26H31FN3NaO5. The number of benzene rings is 1. The number of aromatic nitrogens is 2. The average Bonchev–Trinajstić information content (AvgIpc) is 3.14. The van der Waals surface area contributed by atoms with Crippen molar-refractivity contribution in [3.63, 3.8) is 0 Å². The molecule has 2 aromatic heterocycles. The van der Waals surface area contributed by atoms with Gasteiger partial charge in [0.05, 0.1) is 24.3 Å². The zero-order valence-electron chi connectivity index (χ0n) is 19.7. The standard InChI is InChI=1S/C26H30FN3O5.Na.H/c1-15(2)30-21(11-10-18(31)13-19(32)14-22(33)34)23(16-6-8-17(27)9-7-16)24(25(30)26(28)35)20-5-3-4-12-29-20;;/h3-9,12,15,18-19,31-32H,10-11,13-14H2,1-2H3,(H2,28,35)(H,33,34);;/t18-,19-;;/m1../s1. The summed E-state index contributed by atoms with van der Waals surface area (Å²) < 4.78 is 15.6. The maximum absolute atomic E-state index is 13.7. The van der Waals surface area contributed by atoms with Crippen LogP contribution in [0.25, 0.3) is 22.4 Å². The van der Waals surface area contributed by atoms with Gasteiger partial charge in [0.15, 0.2) is 0 Å². The van der Waals surface area contributed by atoms with Crippen molar-refractivity contribution in [2.75, 3.05) is 0 Å². The molecule has 2 atom stereocenters. The minimum absolute atomic E-state index is 0. The van der Waals surface area contributed by atoms with Gasteiger partial charge in [-0.15, -0.1) is 0 Å². The molecule has 0 saturated carbocycles. The summed E-state index contributed by atoms with van der Waals surface area (Å²) in [5, 5.41) is 29.3. The van der Waals surface area contributed by atoms with Gasteiger partial charge in [-0.1, -0.05) is 18.2 Å². The van der Waals surface area contributed by atoms with E-state index in [-0.39, 0.29) is 54.1 Å². The summed E-state index contributed by atoms with van der Waals surface area (Å²) in [7, 11) is 0. The Morgan fingerprint density at radius 3 is 2.25 bits per heavy atom. The molecule has 0 saturated heterocycles. The van der Waals surface area contributed by atoms with Crippen LogP contribution in [0.3, 0.4) is 0 Å². The number of hydrogen-bond acceptors (Lipinski definition) is 5. The molecule has 3 aromatic rings. The van der Waals surface area contributed by atoms with Crippen LogP contribution in [0.15, 0.2) is 48.7 Å². The van der Waals surface area contributed by atoms with Crippen molar-refractivity contribution in [3.05, 3.63) is 65.9 Å². The third kappa shape index (κ3) is 7.02. The summed E-state index contributed by atoms with van der Waals surface area (Å²) in [5.41, 5.74) is 9.18. The van der Waals surface area contributed by atoms with Gasteiger partial charge >= 0.3 is 35.5 Å². The second-order valence-electron chi connectivity index (χ2n) is 8.78. The predicted octanol–water partition coefficient (Wildman–Crippen LogP) is 2.91. The van der Waals surface area contributed by atoms with E-state index in [4.69, 9.17) is 10.8 Å². The molecule has 1 aromatic carbocycles. The number of carboxylic acid groups (broad SMARTS) is 1. The average molecular weight is 508 g/mol. The van der Waals surface area contributed by atoms with E-state index in [0.717, 1.165) is 0 Å². The van der Waals surface area contributed by atoms with E-state index in [1.165, 1.54) is 12.1 Å². The molecule has 0 unspecified atom stereocenters. The van der Waals surface area contributed by atoms with E-state index < -0.39 is 36.3 Å². The molecule has 1 amide bonds. The quantitative estimate of drug-likeness (QED) is 0.295. The summed E-state index contributed by atoms with van der Waals surface area (Å²) in [6.07, 6.45) is -0.626. The molecule has 10 heteroatoms. The first-order valence-electron chi connectivity index (χ1n) is 11.4. The van der Waals surface area contributed by atoms with Crippen molar-refractivity contribution in [1.82, 2.24) is 9.55 Å². The molecule has 0 spiro atoms. The van der Waals surface area contributed by atoms with Crippen LogP contribution in [0.1, 0.15) is 55.3 Å². The van der Waals surface area contributed by atoms with Crippen molar-refractivity contribution < 1.29 is 29.3 Å². The molecule has 36 heavy (non-hydrogen) atoms. The number of rotatable bonds is 11. The third-order valence-corrected chi connectivity index (χ3v) is 5.78. The number of primary amides is 1. The van der Waals surface area contributed by atoms with Crippen LogP contribution >= 0.6 is 0 Å². The Morgan fingerprint density at radius 2 is 1.72 bits per heavy atom. The van der Waals surface area contributed by atoms with Crippen LogP contribution < -0.4 is 5.73 Å². The Labute approximate surface area is 231 Å². The molecule has 188 valence electrons. The molecule has 0 aliphatic rings. The monoisotopic (exact) mass is 507 g/mol. The topological polar surface area (TPSA) is 139 Å². The van der Waals surface area contributed by atoms with E-state index in [1.54, 1.807) is 36.5 Å². The zero-order chi connectivity index (χ0) is 25.7. The van der Waals surface area contributed by atoms with E-state index >= 15 is 0 Å². The van der Waals surface area contributed by atoms with Crippen molar-refractivity contribution in [1.29, 1.82) is 0 Å². The van der Waals surface area contributed by atoms with E-state index in [9.17, 15) is 24.2 Å². The van der Waals surface area contributed by atoms with Gasteiger partial charge in [0.1, 0.15) is 11.5 Å².